The van der Waals surface area contributed by atoms with Gasteiger partial charge in [-0.25, -0.2) is 0 Å². The van der Waals surface area contributed by atoms with E-state index in [0.717, 1.165) is 6.54 Å². The van der Waals surface area contributed by atoms with E-state index < -0.39 is 0 Å². The number of hydrogen-bond donors (Lipinski definition) is 1. The molecule has 20 heavy (non-hydrogen) atoms. The highest BCUT2D eigenvalue weighted by molar-refractivity contribution is 5.28. The first-order valence-electron chi connectivity index (χ1n) is 8.09. The number of benzene rings is 1. The molecular weight excluding hydrogens is 242 g/mol. The molecule has 1 aromatic carbocycles. The molecule has 0 aliphatic carbocycles. The maximum atomic E-state index is 3.54. The number of unbranched alkanes of at least 4 members (excludes halogenated alkanes) is 1. The quantitative estimate of drug-likeness (QED) is 0.684. The minimum atomic E-state index is 0.243. The first kappa shape index (κ1) is 17.2. The Balaban J connectivity index is 2.36. The van der Waals surface area contributed by atoms with Gasteiger partial charge in [-0.1, -0.05) is 45.0 Å². The summed E-state index contributed by atoms with van der Waals surface area (Å²) in [5.74, 6) is 0. The van der Waals surface area contributed by atoms with Gasteiger partial charge in [-0.2, -0.15) is 0 Å². The summed E-state index contributed by atoms with van der Waals surface area (Å²) in [6, 6.07) is 9.24. The number of nitrogens with one attached hydrogen (secondary N) is 1. The van der Waals surface area contributed by atoms with Gasteiger partial charge in [0.2, 0.25) is 0 Å². The Morgan fingerprint density at radius 3 is 2.00 bits per heavy atom. The Hall–Kier alpha value is -0.820. The normalized spacial score (nSPS) is 12.7. The van der Waals surface area contributed by atoms with Crippen LogP contribution in [0.5, 0.6) is 0 Å². The van der Waals surface area contributed by atoms with E-state index in [-0.39, 0.29) is 5.54 Å². The molecule has 0 spiro atoms. The first-order chi connectivity index (χ1) is 9.24. The van der Waals surface area contributed by atoms with E-state index >= 15 is 0 Å². The van der Waals surface area contributed by atoms with Crippen LogP contribution in [0, 0.1) is 0 Å². The summed E-state index contributed by atoms with van der Waals surface area (Å²) in [5, 5.41) is 3.54. The third kappa shape index (κ3) is 6.09. The van der Waals surface area contributed by atoms with Crippen molar-refractivity contribution in [1.82, 2.24) is 5.32 Å². The molecule has 1 heteroatoms. The molecular formula is C19H33N. The van der Waals surface area contributed by atoms with Crippen LogP contribution in [0.4, 0.5) is 0 Å². The summed E-state index contributed by atoms with van der Waals surface area (Å²) >= 11 is 0. The van der Waals surface area contributed by atoms with Gasteiger partial charge < -0.3 is 5.32 Å². The lowest BCUT2D eigenvalue weighted by Gasteiger charge is -2.23. The van der Waals surface area contributed by atoms with Crippen LogP contribution in [0.1, 0.15) is 71.9 Å². The van der Waals surface area contributed by atoms with Gasteiger partial charge in [0.25, 0.3) is 0 Å². The second-order valence-corrected chi connectivity index (χ2v) is 7.57. The van der Waals surface area contributed by atoms with Gasteiger partial charge in [-0.3, -0.25) is 0 Å². The molecule has 0 aliphatic heterocycles. The van der Waals surface area contributed by atoms with Crippen LogP contribution in [-0.2, 0) is 11.8 Å². The molecule has 0 heterocycles. The van der Waals surface area contributed by atoms with Crippen molar-refractivity contribution in [3.8, 4) is 0 Å². The number of rotatable bonds is 7. The van der Waals surface area contributed by atoms with Crippen molar-refractivity contribution in [1.29, 1.82) is 0 Å². The fourth-order valence-electron chi connectivity index (χ4n) is 2.24. The SMILES string of the molecule is CCC(C)(C)c1ccc(CCCCNC(C)(C)C)cc1. The van der Waals surface area contributed by atoms with Crippen LogP contribution in [0.3, 0.4) is 0 Å². The zero-order chi connectivity index (χ0) is 15.2. The zero-order valence-electron chi connectivity index (χ0n) is 14.3. The van der Waals surface area contributed by atoms with Crippen molar-refractivity contribution in [2.24, 2.45) is 0 Å². The monoisotopic (exact) mass is 275 g/mol. The molecule has 0 fully saturated rings. The maximum absolute atomic E-state index is 3.54. The molecule has 0 saturated heterocycles. The van der Waals surface area contributed by atoms with Gasteiger partial charge in [-0.05, 0) is 69.5 Å². The van der Waals surface area contributed by atoms with Gasteiger partial charge >= 0.3 is 0 Å². The summed E-state index contributed by atoms with van der Waals surface area (Å²) in [4.78, 5) is 0. The van der Waals surface area contributed by atoms with Crippen LogP contribution >= 0.6 is 0 Å². The Labute approximate surface area is 126 Å². The van der Waals surface area contributed by atoms with Crippen molar-refractivity contribution in [2.45, 2.75) is 78.2 Å². The summed E-state index contributed by atoms with van der Waals surface area (Å²) < 4.78 is 0. The average molecular weight is 275 g/mol. The van der Waals surface area contributed by atoms with Crippen molar-refractivity contribution in [2.75, 3.05) is 6.54 Å². The Morgan fingerprint density at radius 1 is 0.900 bits per heavy atom. The van der Waals surface area contributed by atoms with Crippen LogP contribution in [0.2, 0.25) is 0 Å². The predicted molar refractivity (Wildman–Crippen MR) is 90.5 cm³/mol. The topological polar surface area (TPSA) is 12.0 Å². The number of aryl methyl sites for hydroxylation is 1. The van der Waals surface area contributed by atoms with E-state index in [9.17, 15) is 0 Å². The lowest BCUT2D eigenvalue weighted by molar-refractivity contribution is 0.419. The molecule has 0 atom stereocenters. The molecule has 0 radical (unpaired) electrons. The molecule has 1 nitrogen and oxygen atoms in total. The van der Waals surface area contributed by atoms with Crippen LogP contribution in [-0.4, -0.2) is 12.1 Å². The van der Waals surface area contributed by atoms with E-state index in [2.05, 4.69) is 71.1 Å². The van der Waals surface area contributed by atoms with Crippen LogP contribution < -0.4 is 5.32 Å². The smallest absolute Gasteiger partial charge is 0.00965 e. The predicted octanol–water partition coefficient (Wildman–Crippen LogP) is 5.09. The lowest BCUT2D eigenvalue weighted by Crippen LogP contribution is -2.36. The molecule has 0 unspecified atom stereocenters. The summed E-state index contributed by atoms with van der Waals surface area (Å²) in [7, 11) is 0. The van der Waals surface area contributed by atoms with Gasteiger partial charge in [0.1, 0.15) is 0 Å². The van der Waals surface area contributed by atoms with Gasteiger partial charge in [0, 0.05) is 5.54 Å². The molecule has 1 rings (SSSR count). The third-order valence-electron chi connectivity index (χ3n) is 4.17. The maximum Gasteiger partial charge on any atom is 0.00965 e. The zero-order valence-corrected chi connectivity index (χ0v) is 14.3. The molecule has 114 valence electrons. The van der Waals surface area contributed by atoms with Gasteiger partial charge in [0.05, 0.1) is 0 Å². The standard InChI is InChI=1S/C19H33N/c1-7-19(5,6)17-13-11-16(12-14-17)10-8-9-15-20-18(2,3)4/h11-14,20H,7-10,15H2,1-6H3. The van der Waals surface area contributed by atoms with E-state index in [1.807, 2.05) is 0 Å². The minimum absolute atomic E-state index is 0.243. The van der Waals surface area contributed by atoms with Crippen molar-refractivity contribution < 1.29 is 0 Å². The van der Waals surface area contributed by atoms with Crippen molar-refractivity contribution >= 4 is 0 Å². The lowest BCUT2D eigenvalue weighted by atomic mass is 9.82. The average Bonchev–Trinajstić information content (AvgIpc) is 2.37. The van der Waals surface area contributed by atoms with Gasteiger partial charge in [-0.15, -0.1) is 0 Å². The molecule has 0 amide bonds. The second kappa shape index (κ2) is 7.26. The highest BCUT2D eigenvalue weighted by atomic mass is 14.9. The highest BCUT2D eigenvalue weighted by Crippen LogP contribution is 2.26. The summed E-state index contributed by atoms with van der Waals surface area (Å²) in [6.45, 7) is 14.7. The molecule has 1 aromatic rings. The molecule has 0 bridgehead atoms. The fourth-order valence-corrected chi connectivity index (χ4v) is 2.24. The number of hydrogen-bond acceptors (Lipinski definition) is 1. The van der Waals surface area contributed by atoms with Gasteiger partial charge in [0.15, 0.2) is 0 Å². The van der Waals surface area contributed by atoms with E-state index in [1.165, 1.54) is 36.8 Å². The van der Waals surface area contributed by atoms with Crippen LogP contribution in [0.15, 0.2) is 24.3 Å². The van der Waals surface area contributed by atoms with E-state index in [1.54, 1.807) is 0 Å². The molecule has 0 saturated carbocycles. The fraction of sp³-hybridized carbons (Fsp3) is 0.684. The van der Waals surface area contributed by atoms with Crippen molar-refractivity contribution in [3.63, 3.8) is 0 Å². The van der Waals surface area contributed by atoms with Crippen molar-refractivity contribution in [3.05, 3.63) is 35.4 Å². The third-order valence-corrected chi connectivity index (χ3v) is 4.17. The largest absolute Gasteiger partial charge is 0.312 e. The Bertz CT molecular complexity index is 381. The van der Waals surface area contributed by atoms with E-state index in [0.29, 0.717) is 5.41 Å². The Kier molecular flexibility index (Phi) is 6.26. The second-order valence-electron chi connectivity index (χ2n) is 7.57. The van der Waals surface area contributed by atoms with Crippen LogP contribution in [0.25, 0.3) is 0 Å². The molecule has 0 aliphatic rings. The Morgan fingerprint density at radius 2 is 1.50 bits per heavy atom. The summed E-state index contributed by atoms with van der Waals surface area (Å²) in [5.41, 5.74) is 3.47. The molecule has 0 aromatic heterocycles. The van der Waals surface area contributed by atoms with E-state index in [4.69, 9.17) is 0 Å². The molecule has 1 N–H and O–H groups in total. The minimum Gasteiger partial charge on any atom is -0.312 e. The first-order valence-corrected chi connectivity index (χ1v) is 8.09. The highest BCUT2D eigenvalue weighted by Gasteiger charge is 2.17. The summed E-state index contributed by atoms with van der Waals surface area (Å²) in [6.07, 6.45) is 4.89.